The second kappa shape index (κ2) is 7.50. The minimum absolute atomic E-state index is 0.0551. The van der Waals surface area contributed by atoms with Gasteiger partial charge in [0.1, 0.15) is 18.1 Å². The van der Waals surface area contributed by atoms with Crippen molar-refractivity contribution in [1.82, 2.24) is 10.2 Å². The Kier molecular flexibility index (Phi) is 4.72. The summed E-state index contributed by atoms with van der Waals surface area (Å²) in [5, 5.41) is 11.9. The van der Waals surface area contributed by atoms with Gasteiger partial charge in [-0.05, 0) is 41.0 Å². The van der Waals surface area contributed by atoms with Crippen LogP contribution in [0.15, 0.2) is 48.5 Å². The van der Waals surface area contributed by atoms with Crippen LogP contribution in [-0.4, -0.2) is 59.1 Å². The SMILES string of the molecule is O=C(NC[C@H]1[C@@H](C(=O)N2CC3CC2(C(=O)O)C3)C1(F)F)OCC1c2ccccc2-c2ccccc21. The highest BCUT2D eigenvalue weighted by Crippen LogP contribution is 2.59. The van der Waals surface area contributed by atoms with E-state index < -0.39 is 47.8 Å². The average molecular weight is 482 g/mol. The Hall–Kier alpha value is -3.49. The average Bonchev–Trinajstić information content (AvgIpc) is 3.20. The summed E-state index contributed by atoms with van der Waals surface area (Å²) in [6.45, 7) is -0.165. The van der Waals surface area contributed by atoms with Crippen molar-refractivity contribution >= 4 is 18.0 Å². The summed E-state index contributed by atoms with van der Waals surface area (Å²) in [5.41, 5.74) is 2.89. The molecule has 2 atom stereocenters. The zero-order chi connectivity index (χ0) is 24.5. The molecule has 2 aromatic carbocycles. The predicted octanol–water partition coefficient (Wildman–Crippen LogP) is 3.48. The number of carbonyl (C=O) groups excluding carboxylic acids is 2. The maximum absolute atomic E-state index is 14.5. The molecule has 0 radical (unpaired) electrons. The van der Waals surface area contributed by atoms with E-state index in [2.05, 4.69) is 5.32 Å². The Balaban J connectivity index is 1.07. The number of ether oxygens (including phenoxy) is 1. The van der Waals surface area contributed by atoms with Crippen molar-refractivity contribution in [2.24, 2.45) is 17.8 Å². The molecule has 3 aliphatic carbocycles. The number of aliphatic carboxylic acids is 1. The molecule has 2 aromatic rings. The maximum Gasteiger partial charge on any atom is 0.407 e. The highest BCUT2D eigenvalue weighted by molar-refractivity contribution is 5.92. The number of carboxylic acid groups (broad SMARTS) is 1. The predicted molar refractivity (Wildman–Crippen MR) is 120 cm³/mol. The molecular formula is C26H24F2N2O5. The lowest BCUT2D eigenvalue weighted by atomic mass is 9.73. The quantitative estimate of drug-likeness (QED) is 0.657. The van der Waals surface area contributed by atoms with Crippen LogP contribution in [0, 0.1) is 17.8 Å². The first-order valence-corrected chi connectivity index (χ1v) is 11.8. The summed E-state index contributed by atoms with van der Waals surface area (Å²) >= 11 is 0. The topological polar surface area (TPSA) is 95.9 Å². The number of alkyl carbamates (subject to hydrolysis) is 1. The van der Waals surface area contributed by atoms with E-state index in [-0.39, 0.29) is 25.0 Å². The van der Waals surface area contributed by atoms with Crippen LogP contribution in [0.25, 0.3) is 11.1 Å². The fraction of sp³-hybridized carbons (Fsp3) is 0.423. The number of hydrogen-bond acceptors (Lipinski definition) is 4. The van der Waals surface area contributed by atoms with E-state index in [1.165, 1.54) is 0 Å². The maximum atomic E-state index is 14.5. The molecule has 7 rings (SSSR count). The van der Waals surface area contributed by atoms with E-state index in [9.17, 15) is 28.3 Å². The highest BCUT2D eigenvalue weighted by atomic mass is 19.3. The van der Waals surface area contributed by atoms with Crippen molar-refractivity contribution in [1.29, 1.82) is 0 Å². The summed E-state index contributed by atoms with van der Waals surface area (Å²) in [6, 6.07) is 15.7. The number of alkyl halides is 2. The zero-order valence-corrected chi connectivity index (χ0v) is 18.7. The minimum atomic E-state index is -3.29. The van der Waals surface area contributed by atoms with Crippen LogP contribution < -0.4 is 5.32 Å². The van der Waals surface area contributed by atoms with Crippen LogP contribution in [0.3, 0.4) is 0 Å². The van der Waals surface area contributed by atoms with Crippen molar-refractivity contribution in [3.05, 3.63) is 59.7 Å². The van der Waals surface area contributed by atoms with Crippen molar-refractivity contribution in [2.45, 2.75) is 30.2 Å². The normalized spacial score (nSPS) is 29.1. The van der Waals surface area contributed by atoms with E-state index in [0.717, 1.165) is 27.2 Å². The van der Waals surface area contributed by atoms with Crippen molar-refractivity contribution < 1.29 is 33.0 Å². The first-order valence-electron chi connectivity index (χ1n) is 11.8. The molecule has 7 nitrogen and oxygen atoms in total. The van der Waals surface area contributed by atoms with Gasteiger partial charge in [0.15, 0.2) is 0 Å². The number of halogens is 2. The van der Waals surface area contributed by atoms with Gasteiger partial charge in [-0.2, -0.15) is 0 Å². The monoisotopic (exact) mass is 482 g/mol. The van der Waals surface area contributed by atoms with Gasteiger partial charge in [-0.15, -0.1) is 0 Å². The van der Waals surface area contributed by atoms with Gasteiger partial charge in [-0.1, -0.05) is 48.5 Å². The van der Waals surface area contributed by atoms with Gasteiger partial charge < -0.3 is 20.1 Å². The van der Waals surface area contributed by atoms with Crippen molar-refractivity contribution in [2.75, 3.05) is 19.7 Å². The van der Waals surface area contributed by atoms with Crippen LogP contribution in [-0.2, 0) is 14.3 Å². The van der Waals surface area contributed by atoms with Gasteiger partial charge >= 0.3 is 12.1 Å². The summed E-state index contributed by atoms with van der Waals surface area (Å²) in [4.78, 5) is 37.9. The Labute approximate surface area is 200 Å². The minimum Gasteiger partial charge on any atom is -0.479 e. The highest BCUT2D eigenvalue weighted by Gasteiger charge is 2.75. The van der Waals surface area contributed by atoms with Crippen LogP contribution in [0.4, 0.5) is 13.6 Å². The number of amides is 2. The number of carbonyl (C=O) groups is 3. The smallest absolute Gasteiger partial charge is 0.407 e. The molecule has 2 saturated heterocycles. The molecule has 35 heavy (non-hydrogen) atoms. The van der Waals surface area contributed by atoms with Crippen molar-refractivity contribution in [3.8, 4) is 11.1 Å². The lowest BCUT2D eigenvalue weighted by molar-refractivity contribution is -0.159. The number of hydrogen-bond donors (Lipinski definition) is 2. The van der Waals surface area contributed by atoms with Crippen LogP contribution in [0.1, 0.15) is 29.9 Å². The third-order valence-corrected chi connectivity index (χ3v) is 8.15. The van der Waals surface area contributed by atoms with Crippen LogP contribution in [0.5, 0.6) is 0 Å². The van der Waals surface area contributed by atoms with Crippen molar-refractivity contribution in [3.63, 3.8) is 0 Å². The molecule has 2 N–H and O–H groups in total. The number of nitrogens with zero attached hydrogens (tertiary/aromatic N) is 1. The molecule has 2 saturated carbocycles. The first kappa shape index (κ1) is 22.0. The Morgan fingerprint density at radius 2 is 1.63 bits per heavy atom. The summed E-state index contributed by atoms with van der Waals surface area (Å²) in [5.74, 6) is -8.36. The third kappa shape index (κ3) is 3.17. The third-order valence-electron chi connectivity index (χ3n) is 8.15. The van der Waals surface area contributed by atoms with Gasteiger partial charge in [-0.25, -0.2) is 18.4 Å². The lowest BCUT2D eigenvalue weighted by Gasteiger charge is -2.37. The molecule has 2 amide bonds. The van der Waals surface area contributed by atoms with E-state index in [0.29, 0.717) is 12.8 Å². The summed E-state index contributed by atoms with van der Waals surface area (Å²) < 4.78 is 34.3. The Morgan fingerprint density at radius 3 is 2.23 bits per heavy atom. The molecule has 5 aliphatic rings. The molecule has 2 bridgehead atoms. The molecule has 0 aromatic heterocycles. The molecule has 4 fully saturated rings. The molecule has 0 unspecified atom stereocenters. The summed E-state index contributed by atoms with van der Waals surface area (Å²) in [6.07, 6.45) is -0.199. The second-order valence-corrected chi connectivity index (χ2v) is 10.0. The Morgan fingerprint density at radius 1 is 1.03 bits per heavy atom. The van der Waals surface area contributed by atoms with E-state index in [1.807, 2.05) is 48.5 Å². The van der Waals surface area contributed by atoms with Gasteiger partial charge in [0, 0.05) is 19.0 Å². The summed E-state index contributed by atoms with van der Waals surface area (Å²) in [7, 11) is 0. The number of nitrogens with one attached hydrogen (secondary N) is 1. The largest absolute Gasteiger partial charge is 0.479 e. The van der Waals surface area contributed by atoms with Gasteiger partial charge in [0.05, 0.1) is 5.92 Å². The van der Waals surface area contributed by atoms with Gasteiger partial charge in [-0.3, -0.25) is 4.79 Å². The number of fused-ring (bicyclic) bond motifs is 4. The number of rotatable bonds is 6. The molecule has 2 heterocycles. The van der Waals surface area contributed by atoms with E-state index in [1.54, 1.807) is 0 Å². The van der Waals surface area contributed by atoms with E-state index in [4.69, 9.17) is 4.74 Å². The van der Waals surface area contributed by atoms with Crippen LogP contribution in [0.2, 0.25) is 0 Å². The number of benzene rings is 2. The Bertz CT molecular complexity index is 1200. The van der Waals surface area contributed by atoms with Crippen LogP contribution >= 0.6 is 0 Å². The molecule has 2 aliphatic heterocycles. The standard InChI is InChI=1S/C26H24F2N2O5/c27-26(28)20(21(26)22(31)30-12-14-9-25(30,10-14)23(32)33)11-29-24(34)35-13-19-17-7-3-1-5-15(17)16-6-2-4-8-18(16)19/h1-8,14,19-21H,9-13H2,(H,29,34)(H,32,33)/t14?,20-,21-,25?/m0/s1. The fourth-order valence-electron chi connectivity index (χ4n) is 6.26. The van der Waals surface area contributed by atoms with Gasteiger partial charge in [0.2, 0.25) is 5.91 Å². The van der Waals surface area contributed by atoms with E-state index >= 15 is 0 Å². The molecule has 182 valence electrons. The lowest BCUT2D eigenvalue weighted by Crippen LogP contribution is -2.55. The fourth-order valence-corrected chi connectivity index (χ4v) is 6.26. The van der Waals surface area contributed by atoms with Gasteiger partial charge in [0.25, 0.3) is 5.92 Å². The molecular weight excluding hydrogens is 458 g/mol. The molecule has 0 spiro atoms. The second-order valence-electron chi connectivity index (χ2n) is 10.0. The molecule has 9 heteroatoms. The number of carboxylic acids is 1. The first-order chi connectivity index (χ1) is 16.7. The zero-order valence-electron chi connectivity index (χ0n) is 18.7.